The van der Waals surface area contributed by atoms with Crippen LogP contribution in [0.3, 0.4) is 0 Å². The van der Waals surface area contributed by atoms with Crippen molar-refractivity contribution in [1.29, 1.82) is 0 Å². The highest BCUT2D eigenvalue weighted by atomic mass is 19.2. The van der Waals surface area contributed by atoms with Crippen LogP contribution in [0.15, 0.2) is 42.5 Å². The van der Waals surface area contributed by atoms with Crippen molar-refractivity contribution in [3.63, 3.8) is 0 Å². The molecule has 8 nitrogen and oxygen atoms in total. The first-order valence-electron chi connectivity index (χ1n) is 10.6. The lowest BCUT2D eigenvalue weighted by atomic mass is 10.1. The van der Waals surface area contributed by atoms with E-state index in [9.17, 15) is 23.5 Å². The largest absolute Gasteiger partial charge is 0.490 e. The second-order valence-corrected chi connectivity index (χ2v) is 7.73. The smallest absolute Gasteiger partial charge is 0.322 e. The van der Waals surface area contributed by atoms with Gasteiger partial charge in [-0.1, -0.05) is 12.1 Å². The number of aliphatic hydroxyl groups excluding tert-OH is 1. The summed E-state index contributed by atoms with van der Waals surface area (Å²) in [5.41, 5.74) is 0.182. The number of carboxylic acids is 1. The predicted molar refractivity (Wildman–Crippen MR) is 114 cm³/mol. The Kier molecular flexibility index (Phi) is 8.56. The third-order valence-electron chi connectivity index (χ3n) is 5.16. The summed E-state index contributed by atoms with van der Waals surface area (Å²) in [6, 6.07) is 9.84. The van der Waals surface area contributed by atoms with Crippen molar-refractivity contribution in [2.45, 2.75) is 25.0 Å². The Morgan fingerprint density at radius 1 is 1.12 bits per heavy atom. The molecule has 1 atom stereocenters. The van der Waals surface area contributed by atoms with Gasteiger partial charge in [-0.15, -0.1) is 0 Å². The summed E-state index contributed by atoms with van der Waals surface area (Å²) in [6.45, 7) is 1.10. The van der Waals surface area contributed by atoms with E-state index in [1.54, 1.807) is 18.2 Å². The number of amides is 1. The van der Waals surface area contributed by atoms with E-state index in [-0.39, 0.29) is 29.8 Å². The number of carbonyl (C=O) groups is 2. The topological polar surface area (TPSA) is 108 Å². The molecule has 0 bridgehead atoms. The molecule has 10 heteroatoms. The van der Waals surface area contributed by atoms with Gasteiger partial charge in [0.2, 0.25) is 0 Å². The third-order valence-corrected chi connectivity index (χ3v) is 5.16. The van der Waals surface area contributed by atoms with E-state index in [0.29, 0.717) is 32.5 Å². The van der Waals surface area contributed by atoms with Crippen LogP contribution in [0.1, 0.15) is 23.2 Å². The minimum Gasteiger partial charge on any atom is -0.490 e. The summed E-state index contributed by atoms with van der Waals surface area (Å²) in [4.78, 5) is 24.8. The monoisotopic (exact) mass is 464 g/mol. The van der Waals surface area contributed by atoms with Gasteiger partial charge in [-0.05, 0) is 37.1 Å². The zero-order chi connectivity index (χ0) is 23.8. The fourth-order valence-corrected chi connectivity index (χ4v) is 3.52. The molecule has 1 unspecified atom stereocenters. The van der Waals surface area contributed by atoms with Gasteiger partial charge in [0, 0.05) is 25.7 Å². The van der Waals surface area contributed by atoms with Crippen molar-refractivity contribution in [3.8, 4) is 11.5 Å². The number of nitrogens with zero attached hydrogens (tertiary/aromatic N) is 1. The number of likely N-dealkylation sites (tertiary alicyclic amines) is 1. The van der Waals surface area contributed by atoms with Gasteiger partial charge in [0.15, 0.2) is 11.6 Å². The van der Waals surface area contributed by atoms with Gasteiger partial charge in [0.05, 0.1) is 5.56 Å². The van der Waals surface area contributed by atoms with Crippen molar-refractivity contribution in [3.05, 3.63) is 59.7 Å². The number of benzene rings is 2. The highest BCUT2D eigenvalue weighted by Gasteiger charge is 2.23. The van der Waals surface area contributed by atoms with Gasteiger partial charge in [0.1, 0.15) is 36.9 Å². The number of hydrogen-bond acceptors (Lipinski definition) is 6. The molecular weight excluding hydrogens is 438 g/mol. The van der Waals surface area contributed by atoms with E-state index in [1.165, 1.54) is 12.1 Å². The van der Waals surface area contributed by atoms with Crippen LogP contribution < -0.4 is 14.8 Å². The molecule has 1 aliphatic heterocycles. The number of hydrogen-bond donors (Lipinski definition) is 3. The van der Waals surface area contributed by atoms with E-state index in [0.717, 1.165) is 12.1 Å². The van der Waals surface area contributed by atoms with Crippen molar-refractivity contribution in [2.75, 3.05) is 32.8 Å². The standard InChI is InChI=1S/C23H26F2N2O6/c24-19-6-5-17(11-20(19)25)33-16-7-9-27(10-8-16)13-15(28)14-32-21-4-2-1-3-18(21)23(31)26-12-22(29)30/h1-6,11,15-16,28H,7-10,12-14H2,(H,26,31)(H,29,30). The minimum absolute atomic E-state index is 0.0471. The number of piperidine rings is 1. The molecule has 0 aliphatic carbocycles. The molecule has 178 valence electrons. The SMILES string of the molecule is O=C(O)CNC(=O)c1ccccc1OCC(O)CN1CCC(Oc2ccc(F)c(F)c2)CC1. The third kappa shape index (κ3) is 7.40. The highest BCUT2D eigenvalue weighted by molar-refractivity contribution is 5.98. The van der Waals surface area contributed by atoms with Crippen LogP contribution in [0, 0.1) is 11.6 Å². The summed E-state index contributed by atoms with van der Waals surface area (Å²) in [5.74, 6) is -3.07. The molecule has 1 aliphatic rings. The highest BCUT2D eigenvalue weighted by Crippen LogP contribution is 2.22. The molecule has 1 heterocycles. The second-order valence-electron chi connectivity index (χ2n) is 7.73. The Hall–Kier alpha value is -3.24. The van der Waals surface area contributed by atoms with Crippen molar-refractivity contribution < 1.29 is 38.1 Å². The minimum atomic E-state index is -1.16. The molecule has 2 aromatic rings. The number of para-hydroxylation sites is 1. The molecule has 0 aromatic heterocycles. The maximum Gasteiger partial charge on any atom is 0.322 e. The zero-order valence-corrected chi connectivity index (χ0v) is 17.9. The predicted octanol–water partition coefficient (Wildman–Crippen LogP) is 2.06. The number of β-amino-alcohol motifs (C(OH)–C–C–N with tert-alkyl or cyclic N) is 1. The molecule has 1 saturated heterocycles. The number of halogens is 2. The Labute approximate surface area is 189 Å². The van der Waals surface area contributed by atoms with E-state index in [4.69, 9.17) is 14.6 Å². The van der Waals surface area contributed by atoms with Gasteiger partial charge < -0.3 is 29.9 Å². The summed E-state index contributed by atoms with van der Waals surface area (Å²) in [7, 11) is 0. The number of aliphatic hydroxyl groups is 1. The molecule has 3 N–H and O–H groups in total. The summed E-state index contributed by atoms with van der Waals surface area (Å²) >= 11 is 0. The molecule has 33 heavy (non-hydrogen) atoms. The summed E-state index contributed by atoms with van der Waals surface area (Å²) < 4.78 is 37.7. The summed E-state index contributed by atoms with van der Waals surface area (Å²) in [6.07, 6.45) is 0.387. The fourth-order valence-electron chi connectivity index (χ4n) is 3.52. The number of ether oxygens (including phenoxy) is 2. The maximum atomic E-state index is 13.3. The first-order chi connectivity index (χ1) is 15.8. The molecule has 0 saturated carbocycles. The second kappa shape index (κ2) is 11.6. The lowest BCUT2D eigenvalue weighted by Crippen LogP contribution is -2.43. The van der Waals surface area contributed by atoms with Gasteiger partial charge in [0.25, 0.3) is 5.91 Å². The lowest BCUT2D eigenvalue weighted by molar-refractivity contribution is -0.135. The van der Waals surface area contributed by atoms with Crippen LogP contribution >= 0.6 is 0 Å². The van der Waals surface area contributed by atoms with Crippen molar-refractivity contribution in [2.24, 2.45) is 0 Å². The summed E-state index contributed by atoms with van der Waals surface area (Å²) in [5, 5.41) is 21.4. The van der Waals surface area contributed by atoms with Crippen LogP contribution in [0.4, 0.5) is 8.78 Å². The molecule has 3 rings (SSSR count). The Balaban J connectivity index is 1.43. The Morgan fingerprint density at radius 3 is 2.55 bits per heavy atom. The normalized spacial score (nSPS) is 15.6. The van der Waals surface area contributed by atoms with E-state index < -0.39 is 36.2 Å². The molecule has 0 radical (unpaired) electrons. The zero-order valence-electron chi connectivity index (χ0n) is 17.9. The van der Waals surface area contributed by atoms with Crippen LogP contribution in [0.5, 0.6) is 11.5 Å². The van der Waals surface area contributed by atoms with Crippen LogP contribution in [0.2, 0.25) is 0 Å². The van der Waals surface area contributed by atoms with Crippen molar-refractivity contribution in [1.82, 2.24) is 10.2 Å². The first-order valence-corrected chi connectivity index (χ1v) is 10.6. The van der Waals surface area contributed by atoms with Gasteiger partial charge >= 0.3 is 5.97 Å². The molecule has 2 aromatic carbocycles. The Bertz CT molecular complexity index is 966. The van der Waals surface area contributed by atoms with Crippen molar-refractivity contribution >= 4 is 11.9 Å². The molecule has 1 fully saturated rings. The van der Waals surface area contributed by atoms with E-state index >= 15 is 0 Å². The van der Waals surface area contributed by atoms with E-state index in [1.807, 2.05) is 4.90 Å². The van der Waals surface area contributed by atoms with Gasteiger partial charge in [-0.25, -0.2) is 8.78 Å². The van der Waals surface area contributed by atoms with Gasteiger partial charge in [-0.3, -0.25) is 9.59 Å². The quantitative estimate of drug-likeness (QED) is 0.494. The number of nitrogens with one attached hydrogen (secondary N) is 1. The number of carbonyl (C=O) groups excluding carboxylic acids is 1. The van der Waals surface area contributed by atoms with Crippen LogP contribution in [-0.2, 0) is 4.79 Å². The number of aliphatic carboxylic acids is 1. The lowest BCUT2D eigenvalue weighted by Gasteiger charge is -2.33. The fraction of sp³-hybridized carbons (Fsp3) is 0.391. The average Bonchev–Trinajstić information content (AvgIpc) is 2.80. The molecule has 0 spiro atoms. The van der Waals surface area contributed by atoms with Crippen LogP contribution in [0.25, 0.3) is 0 Å². The average molecular weight is 464 g/mol. The van der Waals surface area contributed by atoms with Gasteiger partial charge in [-0.2, -0.15) is 0 Å². The Morgan fingerprint density at radius 2 is 1.85 bits per heavy atom. The first kappa shape index (κ1) is 24.4. The maximum absolute atomic E-state index is 13.3. The number of rotatable bonds is 10. The van der Waals surface area contributed by atoms with Crippen LogP contribution in [-0.4, -0.2) is 72.0 Å². The number of carboxylic acid groups (broad SMARTS) is 1. The molecular formula is C23H26F2N2O6. The molecule has 1 amide bonds. The van der Waals surface area contributed by atoms with E-state index in [2.05, 4.69) is 5.32 Å².